The van der Waals surface area contributed by atoms with Crippen LogP contribution in [-0.2, 0) is 11.3 Å². The molecular weight excluding hydrogens is 388 g/mol. The van der Waals surface area contributed by atoms with E-state index in [1.807, 2.05) is 30.3 Å². The van der Waals surface area contributed by atoms with E-state index in [4.69, 9.17) is 12.2 Å². The number of nitrogens with one attached hydrogen (secondary N) is 1. The Hall–Kier alpha value is -2.62. The van der Waals surface area contributed by atoms with Crippen molar-refractivity contribution in [2.75, 3.05) is 5.32 Å². The molecule has 1 aromatic carbocycles. The molecule has 1 aliphatic rings. The number of anilines is 1. The van der Waals surface area contributed by atoms with Crippen molar-refractivity contribution >= 4 is 69.5 Å². The van der Waals surface area contributed by atoms with E-state index in [1.165, 1.54) is 27.2 Å². The number of thiazole rings is 2. The Labute approximate surface area is 161 Å². The Balaban J connectivity index is 1.60. The lowest BCUT2D eigenvalue weighted by molar-refractivity contribution is -0.116. The highest BCUT2D eigenvalue weighted by Gasteiger charge is 2.17. The monoisotopic (exact) mass is 400 g/mol. The summed E-state index contributed by atoms with van der Waals surface area (Å²) in [6, 6.07) is 7.78. The predicted octanol–water partition coefficient (Wildman–Crippen LogP) is 4.34. The third-order valence-corrected chi connectivity index (χ3v) is 5.79. The number of aromatic hydroxyl groups is 1. The van der Waals surface area contributed by atoms with Gasteiger partial charge in [-0.1, -0.05) is 18.2 Å². The van der Waals surface area contributed by atoms with Gasteiger partial charge in [0.25, 0.3) is 0 Å². The van der Waals surface area contributed by atoms with Crippen molar-refractivity contribution in [1.82, 2.24) is 9.55 Å². The normalized spacial score (nSPS) is 13.9. The van der Waals surface area contributed by atoms with E-state index < -0.39 is 0 Å². The number of aliphatic imine (C=N–C) groups is 1. The largest absolute Gasteiger partial charge is 0.493 e. The zero-order valence-corrected chi connectivity index (χ0v) is 15.7. The molecule has 130 valence electrons. The topological polar surface area (TPSA) is 79.5 Å². The van der Waals surface area contributed by atoms with Crippen LogP contribution in [-0.4, -0.2) is 26.8 Å². The first kappa shape index (κ1) is 16.8. The number of carbonyl (C=O) groups is 1. The van der Waals surface area contributed by atoms with Crippen molar-refractivity contribution < 1.29 is 9.90 Å². The van der Waals surface area contributed by atoms with Crippen molar-refractivity contribution in [3.8, 4) is 5.88 Å². The molecule has 6 nitrogen and oxygen atoms in total. The van der Waals surface area contributed by atoms with Gasteiger partial charge in [0.05, 0.1) is 10.6 Å². The summed E-state index contributed by atoms with van der Waals surface area (Å²) in [7, 11) is 0. The molecule has 0 fully saturated rings. The maximum atomic E-state index is 12.1. The van der Waals surface area contributed by atoms with Crippen LogP contribution < -0.4 is 5.32 Å². The maximum absolute atomic E-state index is 12.1. The number of para-hydroxylation sites is 1. The van der Waals surface area contributed by atoms with Crippen molar-refractivity contribution in [3.63, 3.8) is 0 Å². The predicted molar refractivity (Wildman–Crippen MR) is 108 cm³/mol. The highest BCUT2D eigenvalue weighted by Crippen LogP contribution is 2.35. The zero-order valence-electron chi connectivity index (χ0n) is 13.2. The van der Waals surface area contributed by atoms with E-state index in [9.17, 15) is 9.90 Å². The van der Waals surface area contributed by atoms with Crippen LogP contribution in [0.15, 0.2) is 40.8 Å². The molecule has 0 aliphatic carbocycles. The molecule has 0 unspecified atom stereocenters. The summed E-state index contributed by atoms with van der Waals surface area (Å²) in [6.45, 7) is -0.0748. The van der Waals surface area contributed by atoms with Gasteiger partial charge in [-0.15, -0.1) is 22.7 Å². The zero-order chi connectivity index (χ0) is 18.1. The van der Waals surface area contributed by atoms with E-state index in [0.29, 0.717) is 14.0 Å². The fourth-order valence-corrected chi connectivity index (χ4v) is 4.33. The van der Waals surface area contributed by atoms with Gasteiger partial charge in [0, 0.05) is 28.9 Å². The molecule has 0 spiro atoms. The number of fused-ring (bicyclic) bond motifs is 1. The van der Waals surface area contributed by atoms with Crippen molar-refractivity contribution in [3.05, 3.63) is 50.2 Å². The molecule has 26 heavy (non-hydrogen) atoms. The number of hydrogen-bond donors (Lipinski definition) is 2. The number of allylic oxidation sites excluding steroid dienone is 1. The number of nitrogens with zero attached hydrogens (tertiary/aromatic N) is 3. The molecule has 1 aliphatic heterocycles. The van der Waals surface area contributed by atoms with Gasteiger partial charge >= 0.3 is 0 Å². The molecule has 2 aromatic heterocycles. The van der Waals surface area contributed by atoms with Gasteiger partial charge < -0.3 is 10.4 Å². The molecule has 0 bridgehead atoms. The van der Waals surface area contributed by atoms with Gasteiger partial charge in [-0.25, -0.2) is 4.98 Å². The average molecular weight is 401 g/mol. The molecule has 9 heteroatoms. The lowest BCUT2D eigenvalue weighted by Gasteiger charge is -2.04. The summed E-state index contributed by atoms with van der Waals surface area (Å²) in [5, 5.41) is 15.5. The Morgan fingerprint density at radius 1 is 1.38 bits per heavy atom. The minimum absolute atomic E-state index is 0.0282. The van der Waals surface area contributed by atoms with E-state index in [0.717, 1.165) is 16.8 Å². The lowest BCUT2D eigenvalue weighted by Crippen LogP contribution is -2.18. The van der Waals surface area contributed by atoms with Crippen LogP contribution in [0.4, 0.5) is 10.8 Å². The van der Waals surface area contributed by atoms with Crippen molar-refractivity contribution in [2.24, 2.45) is 4.99 Å². The maximum Gasteiger partial charge on any atom is 0.246 e. The SMILES string of the molecule is O=C(Cn1c(O)c(/C=C2/C=Nc3ccccc32)sc1=S)Nc1nccs1. The van der Waals surface area contributed by atoms with Crippen molar-refractivity contribution in [2.45, 2.75) is 6.54 Å². The van der Waals surface area contributed by atoms with Crippen LogP contribution in [0.2, 0.25) is 0 Å². The van der Waals surface area contributed by atoms with Gasteiger partial charge in [0.1, 0.15) is 6.54 Å². The number of benzene rings is 1. The van der Waals surface area contributed by atoms with E-state index in [2.05, 4.69) is 15.3 Å². The highest BCUT2D eigenvalue weighted by atomic mass is 32.1. The van der Waals surface area contributed by atoms with Gasteiger partial charge in [-0.05, 0) is 24.4 Å². The second-order valence-corrected chi connectivity index (χ2v) is 7.97. The highest BCUT2D eigenvalue weighted by molar-refractivity contribution is 7.73. The summed E-state index contributed by atoms with van der Waals surface area (Å²) < 4.78 is 1.83. The Morgan fingerprint density at radius 2 is 2.23 bits per heavy atom. The molecule has 0 saturated carbocycles. The van der Waals surface area contributed by atoms with Crippen molar-refractivity contribution in [1.29, 1.82) is 0 Å². The van der Waals surface area contributed by atoms with Crippen LogP contribution in [0.5, 0.6) is 5.88 Å². The summed E-state index contributed by atoms with van der Waals surface area (Å²) in [5.41, 5.74) is 2.79. The smallest absolute Gasteiger partial charge is 0.246 e. The average Bonchev–Trinajstić information content (AvgIpc) is 3.33. The lowest BCUT2D eigenvalue weighted by atomic mass is 10.1. The van der Waals surface area contributed by atoms with E-state index in [1.54, 1.807) is 17.8 Å². The van der Waals surface area contributed by atoms with Crippen LogP contribution in [0.25, 0.3) is 11.6 Å². The third kappa shape index (κ3) is 3.24. The second-order valence-electron chi connectivity index (χ2n) is 5.40. The minimum atomic E-state index is -0.295. The fraction of sp³-hybridized carbons (Fsp3) is 0.0588. The Kier molecular flexibility index (Phi) is 4.49. The van der Waals surface area contributed by atoms with Crippen LogP contribution in [0, 0.1) is 3.95 Å². The molecule has 3 aromatic rings. The number of hydrogen-bond acceptors (Lipinski definition) is 7. The molecule has 3 heterocycles. The Bertz CT molecular complexity index is 1090. The number of aromatic nitrogens is 2. The van der Waals surface area contributed by atoms with Gasteiger partial charge in [0.2, 0.25) is 11.8 Å². The fourth-order valence-electron chi connectivity index (χ4n) is 2.53. The van der Waals surface area contributed by atoms with Gasteiger partial charge in [-0.3, -0.25) is 14.4 Å². The molecule has 0 atom stereocenters. The first-order valence-electron chi connectivity index (χ1n) is 7.59. The summed E-state index contributed by atoms with van der Waals surface area (Å²) in [5.74, 6) is -0.323. The standard InChI is InChI=1S/C17H12N4O2S3/c22-14(20-16-18-5-6-25-16)9-21-15(23)13(26-17(21)24)7-10-8-19-12-4-2-1-3-11(10)12/h1-8,23H,9H2,(H,18,20,22)/b10-7-. The molecule has 1 amide bonds. The molecule has 4 rings (SSSR count). The summed E-state index contributed by atoms with van der Waals surface area (Å²) >= 11 is 7.89. The third-order valence-electron chi connectivity index (χ3n) is 3.72. The molecule has 0 saturated heterocycles. The first-order chi connectivity index (χ1) is 12.6. The Morgan fingerprint density at radius 3 is 3.04 bits per heavy atom. The van der Waals surface area contributed by atoms with Crippen LogP contribution in [0.1, 0.15) is 10.4 Å². The molecular formula is C17H12N4O2S3. The summed E-state index contributed by atoms with van der Waals surface area (Å²) in [4.78, 5) is 21.1. The van der Waals surface area contributed by atoms with Crippen LogP contribution in [0.3, 0.4) is 0 Å². The number of rotatable bonds is 4. The molecule has 2 N–H and O–H groups in total. The van der Waals surface area contributed by atoms with E-state index in [-0.39, 0.29) is 18.3 Å². The molecule has 0 radical (unpaired) electrons. The summed E-state index contributed by atoms with van der Waals surface area (Å²) in [6.07, 6.45) is 5.20. The van der Waals surface area contributed by atoms with Gasteiger partial charge in [-0.2, -0.15) is 0 Å². The first-order valence-corrected chi connectivity index (χ1v) is 9.69. The quantitative estimate of drug-likeness (QED) is 0.639. The number of amides is 1. The van der Waals surface area contributed by atoms with E-state index >= 15 is 0 Å². The minimum Gasteiger partial charge on any atom is -0.493 e. The number of carbonyl (C=O) groups excluding carboxylic acids is 1. The van der Waals surface area contributed by atoms with Crippen LogP contribution >= 0.6 is 34.9 Å². The van der Waals surface area contributed by atoms with Gasteiger partial charge in [0.15, 0.2) is 9.09 Å². The second kappa shape index (κ2) is 6.94.